The molecule has 0 atom stereocenters. The molecule has 0 aliphatic carbocycles. The van der Waals surface area contributed by atoms with Gasteiger partial charge in [0.05, 0.1) is 24.2 Å². The van der Waals surface area contributed by atoms with Crippen LogP contribution in [-0.4, -0.2) is 27.3 Å². The van der Waals surface area contributed by atoms with Crippen LogP contribution in [0.25, 0.3) is 28.3 Å². The second kappa shape index (κ2) is 8.36. The molecule has 30 heavy (non-hydrogen) atoms. The van der Waals surface area contributed by atoms with Crippen LogP contribution in [0.15, 0.2) is 65.6 Å². The monoisotopic (exact) mass is 466 g/mol. The Morgan fingerprint density at radius 2 is 1.87 bits per heavy atom. The Morgan fingerprint density at radius 3 is 2.53 bits per heavy atom. The van der Waals surface area contributed by atoms with Crippen LogP contribution < -0.4 is 20.8 Å². The van der Waals surface area contributed by atoms with Gasteiger partial charge in [-0.25, -0.2) is 14.2 Å². The average molecular weight is 467 g/mol. The van der Waals surface area contributed by atoms with Gasteiger partial charge in [-0.15, -0.1) is 17.0 Å². The van der Waals surface area contributed by atoms with Gasteiger partial charge in [-0.1, -0.05) is 18.2 Å². The van der Waals surface area contributed by atoms with Crippen molar-refractivity contribution in [3.05, 3.63) is 76.4 Å². The number of fused-ring (bicyclic) bond motifs is 1. The Hall–Kier alpha value is -3.06. The van der Waals surface area contributed by atoms with Crippen LogP contribution in [0.4, 0.5) is 0 Å². The lowest BCUT2D eigenvalue weighted by molar-refractivity contribution is 0.340. The molecule has 0 amide bonds. The van der Waals surface area contributed by atoms with Gasteiger partial charge in [0.25, 0.3) is 5.56 Å². The van der Waals surface area contributed by atoms with Crippen LogP contribution in [0.5, 0.6) is 5.75 Å². The van der Waals surface area contributed by atoms with Crippen molar-refractivity contribution in [2.45, 2.75) is 19.8 Å². The third-order valence-corrected chi connectivity index (χ3v) is 5.24. The summed E-state index contributed by atoms with van der Waals surface area (Å²) in [5, 5.41) is 4.04. The summed E-state index contributed by atoms with van der Waals surface area (Å²) in [4.78, 5) is 18.2. The predicted octanol–water partition coefficient (Wildman–Crippen LogP) is 3.34. The molecule has 1 N–H and O–H groups in total. The topological polar surface area (TPSA) is 60.6 Å². The number of nitrogens with zero attached hydrogens (tertiary/aromatic N) is 3. The zero-order valence-corrected chi connectivity index (χ0v) is 18.4. The van der Waals surface area contributed by atoms with Gasteiger partial charge in [-0.3, -0.25) is 4.79 Å². The van der Waals surface area contributed by atoms with Crippen molar-refractivity contribution in [2.75, 3.05) is 13.2 Å². The molecule has 1 aliphatic rings. The molecule has 2 aromatic heterocycles. The summed E-state index contributed by atoms with van der Waals surface area (Å²) in [6, 6.07) is 17.6. The lowest BCUT2D eigenvalue weighted by atomic mass is 10.1. The zero-order chi connectivity index (χ0) is 19.8. The third-order valence-electron chi connectivity index (χ3n) is 5.24. The van der Waals surface area contributed by atoms with E-state index in [0.29, 0.717) is 17.5 Å². The number of aromatic nitrogens is 3. The SMILES string of the molecule is Br.CCOc1ccc(-c2cn3c(n2)/c(=C2\CCCN2)c(=O)n3-c2ccccc2)cc1. The number of para-hydroxylation sites is 1. The summed E-state index contributed by atoms with van der Waals surface area (Å²) in [5.74, 6) is 0.835. The van der Waals surface area contributed by atoms with Crippen molar-refractivity contribution in [1.29, 1.82) is 0 Å². The number of hydrogen-bond donors (Lipinski definition) is 1. The van der Waals surface area contributed by atoms with E-state index in [-0.39, 0.29) is 22.5 Å². The third kappa shape index (κ3) is 3.39. The molecule has 2 aromatic carbocycles. The Bertz CT molecular complexity index is 1270. The van der Waals surface area contributed by atoms with Gasteiger partial charge in [0.15, 0.2) is 5.65 Å². The Morgan fingerprint density at radius 1 is 1.10 bits per heavy atom. The summed E-state index contributed by atoms with van der Waals surface area (Å²) in [6.07, 6.45) is 3.83. The summed E-state index contributed by atoms with van der Waals surface area (Å²) in [5.41, 5.74) is 4.27. The molecule has 0 bridgehead atoms. The van der Waals surface area contributed by atoms with E-state index in [0.717, 1.165) is 47.8 Å². The van der Waals surface area contributed by atoms with E-state index in [1.807, 2.05) is 72.2 Å². The fourth-order valence-electron chi connectivity index (χ4n) is 3.90. The van der Waals surface area contributed by atoms with Crippen molar-refractivity contribution in [1.82, 2.24) is 19.5 Å². The number of ether oxygens (including phenoxy) is 1. The van der Waals surface area contributed by atoms with Gasteiger partial charge < -0.3 is 10.1 Å². The fraction of sp³-hybridized carbons (Fsp3) is 0.217. The van der Waals surface area contributed by atoms with Crippen LogP contribution in [0.3, 0.4) is 0 Å². The Labute approximate surface area is 184 Å². The first-order valence-electron chi connectivity index (χ1n) is 9.96. The molecule has 0 spiro atoms. The van der Waals surface area contributed by atoms with Gasteiger partial charge in [0, 0.05) is 17.8 Å². The molecule has 0 radical (unpaired) electrons. The van der Waals surface area contributed by atoms with E-state index in [9.17, 15) is 4.79 Å². The summed E-state index contributed by atoms with van der Waals surface area (Å²) >= 11 is 0. The first kappa shape index (κ1) is 20.2. The van der Waals surface area contributed by atoms with E-state index in [1.165, 1.54) is 0 Å². The molecule has 4 aromatic rings. The highest BCUT2D eigenvalue weighted by Crippen LogP contribution is 2.22. The molecule has 0 saturated carbocycles. The first-order valence-corrected chi connectivity index (χ1v) is 9.96. The number of hydrogen-bond acceptors (Lipinski definition) is 4. The van der Waals surface area contributed by atoms with Gasteiger partial charge in [0.1, 0.15) is 11.0 Å². The molecule has 5 rings (SSSR count). The summed E-state index contributed by atoms with van der Waals surface area (Å²) < 4.78 is 9.10. The molecule has 0 unspecified atom stereocenters. The molecule has 3 heterocycles. The number of nitrogens with one attached hydrogen (secondary N) is 1. The van der Waals surface area contributed by atoms with Gasteiger partial charge in [-0.2, -0.15) is 0 Å². The highest BCUT2D eigenvalue weighted by atomic mass is 79.9. The summed E-state index contributed by atoms with van der Waals surface area (Å²) in [7, 11) is 0. The van der Waals surface area contributed by atoms with Crippen molar-refractivity contribution >= 4 is 28.3 Å². The number of imidazole rings is 1. The van der Waals surface area contributed by atoms with Gasteiger partial charge in [0.2, 0.25) is 0 Å². The first-order chi connectivity index (χ1) is 14.3. The Balaban J connectivity index is 0.00000218. The number of halogens is 1. The maximum Gasteiger partial charge on any atom is 0.283 e. The summed E-state index contributed by atoms with van der Waals surface area (Å²) in [6.45, 7) is 3.50. The normalized spacial score (nSPS) is 15.1. The van der Waals surface area contributed by atoms with Crippen molar-refractivity contribution < 1.29 is 4.74 Å². The van der Waals surface area contributed by atoms with E-state index in [4.69, 9.17) is 9.72 Å². The maximum atomic E-state index is 13.3. The van der Waals surface area contributed by atoms with Crippen LogP contribution in [0, 0.1) is 0 Å². The molecular formula is C23H23BrN4O2. The second-order valence-electron chi connectivity index (χ2n) is 7.09. The van der Waals surface area contributed by atoms with Crippen molar-refractivity contribution in [2.24, 2.45) is 0 Å². The zero-order valence-electron chi connectivity index (χ0n) is 16.7. The van der Waals surface area contributed by atoms with Gasteiger partial charge in [-0.05, 0) is 56.2 Å². The second-order valence-corrected chi connectivity index (χ2v) is 7.09. The van der Waals surface area contributed by atoms with Crippen molar-refractivity contribution in [3.8, 4) is 22.7 Å². The highest BCUT2D eigenvalue weighted by Gasteiger charge is 2.20. The molecule has 1 aliphatic heterocycles. The largest absolute Gasteiger partial charge is 0.494 e. The highest BCUT2D eigenvalue weighted by molar-refractivity contribution is 8.93. The number of rotatable bonds is 4. The minimum atomic E-state index is -0.0404. The lowest BCUT2D eigenvalue weighted by Crippen LogP contribution is -2.32. The minimum Gasteiger partial charge on any atom is -0.494 e. The van der Waals surface area contributed by atoms with Crippen LogP contribution in [-0.2, 0) is 0 Å². The fourth-order valence-corrected chi connectivity index (χ4v) is 3.90. The molecule has 154 valence electrons. The molecule has 1 fully saturated rings. The Kier molecular flexibility index (Phi) is 5.63. The van der Waals surface area contributed by atoms with Crippen LogP contribution in [0.1, 0.15) is 19.8 Å². The number of benzene rings is 2. The molecule has 1 saturated heterocycles. The maximum absolute atomic E-state index is 13.3. The average Bonchev–Trinajstić information content (AvgIpc) is 3.46. The van der Waals surface area contributed by atoms with Gasteiger partial charge >= 0.3 is 0 Å². The van der Waals surface area contributed by atoms with E-state index < -0.39 is 0 Å². The lowest BCUT2D eigenvalue weighted by Gasteiger charge is -2.04. The van der Waals surface area contributed by atoms with Crippen LogP contribution in [0.2, 0.25) is 0 Å². The van der Waals surface area contributed by atoms with E-state index >= 15 is 0 Å². The smallest absolute Gasteiger partial charge is 0.283 e. The quantitative estimate of drug-likeness (QED) is 0.500. The molecule has 6 nitrogen and oxygen atoms in total. The van der Waals surface area contributed by atoms with E-state index in [1.54, 1.807) is 4.68 Å². The van der Waals surface area contributed by atoms with E-state index in [2.05, 4.69) is 5.32 Å². The predicted molar refractivity (Wildman–Crippen MR) is 124 cm³/mol. The standard InChI is InChI=1S/C23H22N4O2.BrH/c1-2-29-18-12-10-16(11-13-18)20-15-26-22(25-20)21(19-9-6-14-24-19)23(28)27(26)17-7-4-3-5-8-17;/h3-5,7-8,10-13,15,24H,2,6,9,14H2,1H3;1H/b21-19-;. The molecular weight excluding hydrogens is 444 g/mol. The minimum absolute atomic E-state index is 0. The molecule has 7 heteroatoms. The van der Waals surface area contributed by atoms with Crippen molar-refractivity contribution in [3.63, 3.8) is 0 Å². The van der Waals surface area contributed by atoms with Crippen LogP contribution >= 0.6 is 17.0 Å².